The molecule has 3 nitrogen and oxygen atoms in total. The van der Waals surface area contributed by atoms with Gasteiger partial charge in [-0.05, 0) is 43.4 Å². The summed E-state index contributed by atoms with van der Waals surface area (Å²) in [6, 6.07) is 8.53. The van der Waals surface area contributed by atoms with Gasteiger partial charge in [-0.15, -0.1) is 6.58 Å². The first kappa shape index (κ1) is 13.7. The van der Waals surface area contributed by atoms with E-state index in [-0.39, 0.29) is 0 Å². The predicted molar refractivity (Wildman–Crippen MR) is 71.9 cm³/mol. The van der Waals surface area contributed by atoms with Gasteiger partial charge in [-0.2, -0.15) is 0 Å². The van der Waals surface area contributed by atoms with Crippen LogP contribution in [0.2, 0.25) is 0 Å². The molecule has 17 heavy (non-hydrogen) atoms. The highest BCUT2D eigenvalue weighted by atomic mass is 16.5. The van der Waals surface area contributed by atoms with Crippen LogP contribution in [0, 0.1) is 0 Å². The summed E-state index contributed by atoms with van der Waals surface area (Å²) in [4.78, 5) is 0. The normalized spacial score (nSPS) is 12.1. The molecule has 0 fully saturated rings. The van der Waals surface area contributed by atoms with E-state index in [1.807, 2.05) is 18.2 Å². The summed E-state index contributed by atoms with van der Waals surface area (Å²) in [7, 11) is 1.68. The molecule has 0 aliphatic heterocycles. The minimum absolute atomic E-state index is 0.357. The van der Waals surface area contributed by atoms with Gasteiger partial charge < -0.3 is 4.74 Å². The minimum atomic E-state index is 0.357. The van der Waals surface area contributed by atoms with E-state index >= 15 is 0 Å². The molecule has 3 N–H and O–H groups in total. The van der Waals surface area contributed by atoms with Crippen LogP contribution in [0.15, 0.2) is 36.9 Å². The fraction of sp³-hybridized carbons (Fsp3) is 0.429. The first-order chi connectivity index (χ1) is 8.30. The van der Waals surface area contributed by atoms with E-state index in [9.17, 15) is 0 Å². The van der Waals surface area contributed by atoms with Gasteiger partial charge in [-0.3, -0.25) is 11.3 Å². The number of hydrogen-bond acceptors (Lipinski definition) is 3. The third-order valence-electron chi connectivity index (χ3n) is 2.90. The molecule has 0 spiro atoms. The SMILES string of the molecule is C=CCCC(CCc1ccc(OC)cc1)NN. The van der Waals surface area contributed by atoms with Crippen LogP contribution in [-0.2, 0) is 6.42 Å². The van der Waals surface area contributed by atoms with Crippen molar-refractivity contribution in [1.82, 2.24) is 5.43 Å². The fourth-order valence-electron chi connectivity index (χ4n) is 1.76. The molecule has 0 saturated carbocycles. The van der Waals surface area contributed by atoms with E-state index in [2.05, 4.69) is 24.1 Å². The van der Waals surface area contributed by atoms with Crippen LogP contribution in [-0.4, -0.2) is 13.2 Å². The van der Waals surface area contributed by atoms with E-state index in [0.29, 0.717) is 6.04 Å². The minimum Gasteiger partial charge on any atom is -0.497 e. The topological polar surface area (TPSA) is 47.3 Å². The third kappa shape index (κ3) is 5.02. The van der Waals surface area contributed by atoms with E-state index in [0.717, 1.165) is 31.4 Å². The lowest BCUT2D eigenvalue weighted by atomic mass is 10.0. The number of ether oxygens (including phenoxy) is 1. The second kappa shape index (κ2) is 7.87. The lowest BCUT2D eigenvalue weighted by molar-refractivity contribution is 0.414. The Morgan fingerprint density at radius 1 is 1.35 bits per heavy atom. The van der Waals surface area contributed by atoms with Crippen molar-refractivity contribution in [3.8, 4) is 5.75 Å². The average molecular weight is 234 g/mol. The molecule has 0 radical (unpaired) electrons. The quantitative estimate of drug-likeness (QED) is 0.412. The largest absolute Gasteiger partial charge is 0.497 e. The Labute approximate surface area is 104 Å². The lowest BCUT2D eigenvalue weighted by Gasteiger charge is -2.14. The molecular formula is C14H22N2O. The number of rotatable bonds is 8. The van der Waals surface area contributed by atoms with Gasteiger partial charge in [0.05, 0.1) is 7.11 Å². The first-order valence-corrected chi connectivity index (χ1v) is 6.00. The molecule has 94 valence electrons. The van der Waals surface area contributed by atoms with Crippen LogP contribution in [0.4, 0.5) is 0 Å². The van der Waals surface area contributed by atoms with Crippen molar-refractivity contribution in [1.29, 1.82) is 0 Å². The number of nitrogens with one attached hydrogen (secondary N) is 1. The maximum atomic E-state index is 5.52. The number of hydrazine groups is 1. The second-order valence-electron chi connectivity index (χ2n) is 4.12. The summed E-state index contributed by atoms with van der Waals surface area (Å²) in [5.74, 6) is 6.42. The van der Waals surface area contributed by atoms with Crippen molar-refractivity contribution in [2.24, 2.45) is 5.84 Å². The molecule has 0 amide bonds. The van der Waals surface area contributed by atoms with Gasteiger partial charge in [0, 0.05) is 6.04 Å². The number of hydrogen-bond donors (Lipinski definition) is 2. The molecule has 1 aromatic rings. The van der Waals surface area contributed by atoms with Crippen LogP contribution < -0.4 is 16.0 Å². The lowest BCUT2D eigenvalue weighted by Crippen LogP contribution is -2.35. The van der Waals surface area contributed by atoms with Crippen LogP contribution in [0.25, 0.3) is 0 Å². The van der Waals surface area contributed by atoms with E-state index in [4.69, 9.17) is 10.6 Å². The van der Waals surface area contributed by atoms with Crippen molar-refractivity contribution in [2.75, 3.05) is 7.11 Å². The number of methoxy groups -OCH3 is 1. The Bertz CT molecular complexity index is 321. The molecule has 3 heteroatoms. The van der Waals surface area contributed by atoms with Gasteiger partial charge in [-0.25, -0.2) is 0 Å². The van der Waals surface area contributed by atoms with Crippen molar-refractivity contribution >= 4 is 0 Å². The molecule has 0 aliphatic rings. The van der Waals surface area contributed by atoms with Crippen molar-refractivity contribution in [2.45, 2.75) is 31.7 Å². The van der Waals surface area contributed by atoms with Crippen LogP contribution in [0.3, 0.4) is 0 Å². The molecule has 1 aromatic carbocycles. The van der Waals surface area contributed by atoms with Gasteiger partial charge >= 0.3 is 0 Å². The summed E-state index contributed by atoms with van der Waals surface area (Å²) in [6.45, 7) is 3.72. The molecule has 0 heterocycles. The Morgan fingerprint density at radius 3 is 2.59 bits per heavy atom. The second-order valence-corrected chi connectivity index (χ2v) is 4.12. The molecule has 0 bridgehead atoms. The smallest absolute Gasteiger partial charge is 0.118 e. The summed E-state index contributed by atoms with van der Waals surface area (Å²) in [5, 5.41) is 0. The summed E-state index contributed by atoms with van der Waals surface area (Å²) in [6.07, 6.45) is 6.03. The maximum Gasteiger partial charge on any atom is 0.118 e. The third-order valence-corrected chi connectivity index (χ3v) is 2.90. The molecule has 1 unspecified atom stereocenters. The Hall–Kier alpha value is -1.32. The highest BCUT2D eigenvalue weighted by molar-refractivity contribution is 5.27. The highest BCUT2D eigenvalue weighted by Gasteiger charge is 2.05. The number of benzene rings is 1. The molecule has 0 aromatic heterocycles. The molecule has 0 aliphatic carbocycles. The predicted octanol–water partition coefficient (Wildman–Crippen LogP) is 2.43. The van der Waals surface area contributed by atoms with Gasteiger partial charge in [0.15, 0.2) is 0 Å². The van der Waals surface area contributed by atoms with E-state index < -0.39 is 0 Å². The van der Waals surface area contributed by atoms with Crippen molar-refractivity contribution in [3.05, 3.63) is 42.5 Å². The molecule has 1 rings (SSSR count). The first-order valence-electron chi connectivity index (χ1n) is 6.00. The summed E-state index contributed by atoms with van der Waals surface area (Å²) < 4.78 is 5.13. The van der Waals surface area contributed by atoms with E-state index in [1.54, 1.807) is 7.11 Å². The Morgan fingerprint density at radius 2 is 2.06 bits per heavy atom. The zero-order valence-electron chi connectivity index (χ0n) is 10.5. The number of allylic oxidation sites excluding steroid dienone is 1. The fourth-order valence-corrected chi connectivity index (χ4v) is 1.76. The van der Waals surface area contributed by atoms with E-state index in [1.165, 1.54) is 5.56 Å². The summed E-state index contributed by atoms with van der Waals surface area (Å²) >= 11 is 0. The monoisotopic (exact) mass is 234 g/mol. The van der Waals surface area contributed by atoms with Gasteiger partial charge in [0.2, 0.25) is 0 Å². The van der Waals surface area contributed by atoms with Gasteiger partial charge in [0.25, 0.3) is 0 Å². The average Bonchev–Trinajstić information content (AvgIpc) is 2.39. The zero-order valence-corrected chi connectivity index (χ0v) is 10.5. The number of nitrogens with two attached hydrogens (primary N) is 1. The van der Waals surface area contributed by atoms with Crippen LogP contribution >= 0.6 is 0 Å². The zero-order chi connectivity index (χ0) is 12.5. The summed E-state index contributed by atoms with van der Waals surface area (Å²) in [5.41, 5.74) is 4.17. The van der Waals surface area contributed by atoms with Gasteiger partial charge in [-0.1, -0.05) is 18.2 Å². The Kier molecular flexibility index (Phi) is 6.37. The Balaban J connectivity index is 2.39. The molecular weight excluding hydrogens is 212 g/mol. The molecule has 1 atom stereocenters. The number of aryl methyl sites for hydroxylation is 1. The van der Waals surface area contributed by atoms with Crippen molar-refractivity contribution < 1.29 is 4.74 Å². The van der Waals surface area contributed by atoms with Gasteiger partial charge in [0.1, 0.15) is 5.75 Å². The molecule has 0 saturated heterocycles. The standard InChI is InChI=1S/C14H22N2O/c1-3-4-5-13(16-15)9-6-12-7-10-14(17-2)11-8-12/h3,7-8,10-11,13,16H,1,4-6,9,15H2,2H3. The van der Waals surface area contributed by atoms with Crippen LogP contribution in [0.1, 0.15) is 24.8 Å². The van der Waals surface area contributed by atoms with Crippen molar-refractivity contribution in [3.63, 3.8) is 0 Å². The highest BCUT2D eigenvalue weighted by Crippen LogP contribution is 2.14. The maximum absolute atomic E-state index is 5.52. The van der Waals surface area contributed by atoms with Crippen LogP contribution in [0.5, 0.6) is 5.75 Å².